The highest BCUT2D eigenvalue weighted by Crippen LogP contribution is 2.18. The van der Waals surface area contributed by atoms with E-state index in [1.165, 1.54) is 36.6 Å². The number of carbonyl (C=O) groups excluding carboxylic acids is 1. The fourth-order valence-electron chi connectivity index (χ4n) is 1.82. The van der Waals surface area contributed by atoms with Crippen LogP contribution in [-0.2, 0) is 4.79 Å². The Kier molecular flexibility index (Phi) is 4.35. The van der Waals surface area contributed by atoms with E-state index in [0.29, 0.717) is 17.5 Å². The average Bonchev–Trinajstić information content (AvgIpc) is 2.43. The van der Waals surface area contributed by atoms with Crippen molar-refractivity contribution in [2.24, 2.45) is 5.41 Å². The number of nitrogens with one attached hydrogen (secondary N) is 1. The number of hydrogen-bond donors (Lipinski definition) is 2. The van der Waals surface area contributed by atoms with E-state index in [4.69, 9.17) is 4.42 Å². The SMILES string of the molecule is CC(C)(C)CNC(=O)/C=C/c1coc2cc(O)ccc2c1=O. The molecule has 0 atom stereocenters. The molecular formula is C17H19NO4. The van der Waals surface area contributed by atoms with Gasteiger partial charge in [0, 0.05) is 18.7 Å². The lowest BCUT2D eigenvalue weighted by Gasteiger charge is -2.17. The highest BCUT2D eigenvalue weighted by atomic mass is 16.3. The van der Waals surface area contributed by atoms with Crippen molar-refractivity contribution in [1.82, 2.24) is 5.32 Å². The first-order valence-corrected chi connectivity index (χ1v) is 6.97. The van der Waals surface area contributed by atoms with Crippen molar-refractivity contribution >= 4 is 23.0 Å². The second-order valence-electron chi connectivity index (χ2n) is 6.31. The van der Waals surface area contributed by atoms with E-state index in [0.717, 1.165) is 0 Å². The van der Waals surface area contributed by atoms with E-state index in [9.17, 15) is 14.7 Å². The molecule has 0 saturated heterocycles. The minimum absolute atomic E-state index is 0.00647. The molecule has 2 aromatic rings. The summed E-state index contributed by atoms with van der Waals surface area (Å²) in [5, 5.41) is 12.5. The van der Waals surface area contributed by atoms with Crippen LogP contribution in [0.25, 0.3) is 17.0 Å². The first-order chi connectivity index (χ1) is 10.3. The molecule has 0 unspecified atom stereocenters. The maximum Gasteiger partial charge on any atom is 0.244 e. The Hall–Kier alpha value is -2.56. The minimum atomic E-state index is -0.264. The van der Waals surface area contributed by atoms with Crippen molar-refractivity contribution in [2.45, 2.75) is 20.8 Å². The molecule has 0 spiro atoms. The van der Waals surface area contributed by atoms with Gasteiger partial charge in [0.05, 0.1) is 10.9 Å². The van der Waals surface area contributed by atoms with Gasteiger partial charge in [-0.2, -0.15) is 0 Å². The molecule has 5 heteroatoms. The summed E-state index contributed by atoms with van der Waals surface area (Å²) in [5.41, 5.74) is 0.331. The highest BCUT2D eigenvalue weighted by Gasteiger charge is 2.11. The second-order valence-corrected chi connectivity index (χ2v) is 6.31. The number of carbonyl (C=O) groups is 1. The lowest BCUT2D eigenvalue weighted by atomic mass is 9.97. The molecule has 1 heterocycles. The van der Waals surface area contributed by atoms with Crippen LogP contribution in [0.5, 0.6) is 5.75 Å². The van der Waals surface area contributed by atoms with Crippen LogP contribution in [0.15, 0.2) is 39.7 Å². The molecule has 0 saturated carbocycles. The predicted molar refractivity (Wildman–Crippen MR) is 85.6 cm³/mol. The van der Waals surface area contributed by atoms with Crippen LogP contribution in [0.3, 0.4) is 0 Å². The van der Waals surface area contributed by atoms with Gasteiger partial charge in [0.1, 0.15) is 17.6 Å². The van der Waals surface area contributed by atoms with Crippen LogP contribution in [-0.4, -0.2) is 17.6 Å². The van der Waals surface area contributed by atoms with Gasteiger partial charge in [-0.15, -0.1) is 0 Å². The summed E-state index contributed by atoms with van der Waals surface area (Å²) < 4.78 is 5.31. The van der Waals surface area contributed by atoms with Crippen LogP contribution >= 0.6 is 0 Å². The standard InChI is InChI=1S/C17H19NO4/c1-17(2,3)10-18-15(20)7-4-11-9-22-14-8-12(19)5-6-13(14)16(11)21/h4-9,19H,10H2,1-3H3,(H,18,20)/b7-4+. The smallest absolute Gasteiger partial charge is 0.244 e. The molecular weight excluding hydrogens is 282 g/mol. The maximum absolute atomic E-state index is 12.2. The van der Waals surface area contributed by atoms with Gasteiger partial charge >= 0.3 is 0 Å². The summed E-state index contributed by atoms with van der Waals surface area (Å²) in [7, 11) is 0. The topological polar surface area (TPSA) is 79.5 Å². The fraction of sp³-hybridized carbons (Fsp3) is 0.294. The Morgan fingerprint density at radius 3 is 2.77 bits per heavy atom. The van der Waals surface area contributed by atoms with Crippen molar-refractivity contribution in [3.63, 3.8) is 0 Å². The Bertz CT molecular complexity index is 781. The largest absolute Gasteiger partial charge is 0.508 e. The van der Waals surface area contributed by atoms with Crippen LogP contribution in [0.4, 0.5) is 0 Å². The minimum Gasteiger partial charge on any atom is -0.508 e. The van der Waals surface area contributed by atoms with Crippen LogP contribution in [0.1, 0.15) is 26.3 Å². The number of aromatic hydroxyl groups is 1. The molecule has 0 aliphatic rings. The molecule has 0 bridgehead atoms. The van der Waals surface area contributed by atoms with Gasteiger partial charge < -0.3 is 14.8 Å². The number of phenols is 1. The Labute approximate surface area is 128 Å². The Morgan fingerprint density at radius 1 is 1.36 bits per heavy atom. The number of rotatable bonds is 3. The number of amides is 1. The van der Waals surface area contributed by atoms with Crippen LogP contribution in [0.2, 0.25) is 0 Å². The fourth-order valence-corrected chi connectivity index (χ4v) is 1.82. The first-order valence-electron chi connectivity index (χ1n) is 6.97. The zero-order valence-electron chi connectivity index (χ0n) is 12.8. The quantitative estimate of drug-likeness (QED) is 0.854. The molecule has 2 N–H and O–H groups in total. The first kappa shape index (κ1) is 15.8. The van der Waals surface area contributed by atoms with Crippen LogP contribution in [0, 0.1) is 5.41 Å². The summed E-state index contributed by atoms with van der Waals surface area (Å²) in [5.74, 6) is -0.236. The summed E-state index contributed by atoms with van der Waals surface area (Å²) in [6, 6.07) is 4.29. The predicted octanol–water partition coefficient (Wildman–Crippen LogP) is 2.67. The van der Waals surface area contributed by atoms with E-state index < -0.39 is 0 Å². The highest BCUT2D eigenvalue weighted by molar-refractivity contribution is 5.92. The van der Waals surface area contributed by atoms with Crippen molar-refractivity contribution in [1.29, 1.82) is 0 Å². The van der Waals surface area contributed by atoms with Crippen molar-refractivity contribution in [3.8, 4) is 5.75 Å². The summed E-state index contributed by atoms with van der Waals surface area (Å²) in [6.45, 7) is 6.60. The summed E-state index contributed by atoms with van der Waals surface area (Å²) >= 11 is 0. The van der Waals surface area contributed by atoms with Gasteiger partial charge in [0.15, 0.2) is 5.43 Å². The van der Waals surface area contributed by atoms with Crippen molar-refractivity contribution in [2.75, 3.05) is 6.54 Å². The van der Waals surface area contributed by atoms with Gasteiger partial charge in [-0.25, -0.2) is 0 Å². The van der Waals surface area contributed by atoms with Gasteiger partial charge in [-0.1, -0.05) is 20.8 Å². The van der Waals surface area contributed by atoms with E-state index in [1.54, 1.807) is 0 Å². The molecule has 22 heavy (non-hydrogen) atoms. The zero-order chi connectivity index (χ0) is 16.3. The molecule has 0 fully saturated rings. The van der Waals surface area contributed by atoms with E-state index in [1.807, 2.05) is 20.8 Å². The monoisotopic (exact) mass is 301 g/mol. The van der Waals surface area contributed by atoms with Crippen molar-refractivity contribution < 1.29 is 14.3 Å². The third kappa shape index (κ3) is 3.97. The molecule has 0 aliphatic carbocycles. The molecule has 0 radical (unpaired) electrons. The molecule has 116 valence electrons. The third-order valence-electron chi connectivity index (χ3n) is 2.99. The number of hydrogen-bond acceptors (Lipinski definition) is 4. The lowest BCUT2D eigenvalue weighted by molar-refractivity contribution is -0.116. The van der Waals surface area contributed by atoms with E-state index >= 15 is 0 Å². The average molecular weight is 301 g/mol. The maximum atomic E-state index is 12.2. The molecule has 2 rings (SSSR count). The lowest BCUT2D eigenvalue weighted by Crippen LogP contribution is -2.30. The van der Waals surface area contributed by atoms with Gasteiger partial charge in [-0.05, 0) is 23.6 Å². The van der Waals surface area contributed by atoms with Crippen LogP contribution < -0.4 is 10.7 Å². The number of phenolic OH excluding ortho intramolecular Hbond substituents is 1. The van der Waals surface area contributed by atoms with Gasteiger partial charge in [-0.3, -0.25) is 9.59 Å². The van der Waals surface area contributed by atoms with Crippen molar-refractivity contribution in [3.05, 3.63) is 46.3 Å². The third-order valence-corrected chi connectivity index (χ3v) is 2.99. The van der Waals surface area contributed by atoms with Gasteiger partial charge in [0.2, 0.25) is 5.91 Å². The summed E-state index contributed by atoms with van der Waals surface area (Å²) in [6.07, 6.45) is 4.01. The van der Waals surface area contributed by atoms with E-state index in [-0.39, 0.29) is 28.1 Å². The number of benzene rings is 1. The summed E-state index contributed by atoms with van der Waals surface area (Å²) in [4.78, 5) is 24.0. The number of fused-ring (bicyclic) bond motifs is 1. The van der Waals surface area contributed by atoms with Gasteiger partial charge in [0.25, 0.3) is 0 Å². The second kappa shape index (κ2) is 6.05. The Morgan fingerprint density at radius 2 is 2.09 bits per heavy atom. The normalized spacial score (nSPS) is 12.0. The zero-order valence-corrected chi connectivity index (χ0v) is 12.8. The molecule has 0 aliphatic heterocycles. The molecule has 5 nitrogen and oxygen atoms in total. The van der Waals surface area contributed by atoms with E-state index in [2.05, 4.69) is 5.32 Å². The molecule has 1 amide bonds. The Balaban J connectivity index is 2.20. The molecule has 1 aromatic carbocycles. The molecule has 1 aromatic heterocycles.